The number of ether oxygens (including phenoxy) is 1. The molecule has 0 aliphatic heterocycles. The molecule has 0 saturated carbocycles. The van der Waals surface area contributed by atoms with Crippen molar-refractivity contribution in [1.82, 2.24) is 5.32 Å². The van der Waals surface area contributed by atoms with Crippen molar-refractivity contribution < 1.29 is 29.0 Å². The van der Waals surface area contributed by atoms with Gasteiger partial charge in [0.25, 0.3) is 5.91 Å². The number of ketones is 1. The molecule has 1 amide bonds. The molecule has 3 aromatic carbocycles. The highest BCUT2D eigenvalue weighted by molar-refractivity contribution is 6.08. The summed E-state index contributed by atoms with van der Waals surface area (Å²) in [6, 6.07) is 20.1. The number of carbonyl (C=O) groups excluding carboxylic acids is 3. The summed E-state index contributed by atoms with van der Waals surface area (Å²) < 4.78 is 4.91. The van der Waals surface area contributed by atoms with Gasteiger partial charge in [0.05, 0.1) is 0 Å². The molecule has 1 atom stereocenters. The minimum absolute atomic E-state index is 0.0480. The summed E-state index contributed by atoms with van der Waals surface area (Å²) in [6.45, 7) is 1.27. The molecule has 2 N–H and O–H groups in total. The number of nitrogens with one attached hydrogen (secondary N) is 1. The molecular weight excluding hydrogens is 410 g/mol. The molecule has 0 aromatic heterocycles. The van der Waals surface area contributed by atoms with Crippen molar-refractivity contribution in [3.63, 3.8) is 0 Å². The quantitative estimate of drug-likeness (QED) is 0.322. The second kappa shape index (κ2) is 10.2. The Hall–Kier alpha value is -4.26. The van der Waals surface area contributed by atoms with Gasteiger partial charge in [-0.05, 0) is 29.8 Å². The van der Waals surface area contributed by atoms with Gasteiger partial charge in [-0.15, -0.1) is 0 Å². The first kappa shape index (κ1) is 22.4. The van der Waals surface area contributed by atoms with Crippen molar-refractivity contribution in [3.8, 4) is 5.75 Å². The molecule has 32 heavy (non-hydrogen) atoms. The SMILES string of the molecule is CC(=O)Oc1ccc(C(=O)N[C@@H](Cc2ccc(C(=O)c3ccccc3)cc2)C(=O)O)cc1. The van der Waals surface area contributed by atoms with Gasteiger partial charge in [0.2, 0.25) is 0 Å². The van der Waals surface area contributed by atoms with E-state index in [4.69, 9.17) is 4.74 Å². The Balaban J connectivity index is 1.66. The highest BCUT2D eigenvalue weighted by Crippen LogP contribution is 2.14. The van der Waals surface area contributed by atoms with Crippen LogP contribution < -0.4 is 10.1 Å². The summed E-state index contributed by atoms with van der Waals surface area (Å²) in [4.78, 5) is 47.6. The van der Waals surface area contributed by atoms with E-state index in [1.54, 1.807) is 48.5 Å². The number of carbonyl (C=O) groups is 4. The predicted octanol–water partition coefficient (Wildman–Crippen LogP) is 3.27. The number of carboxylic acids is 1. The van der Waals surface area contributed by atoms with Crippen LogP contribution in [0.15, 0.2) is 78.9 Å². The van der Waals surface area contributed by atoms with E-state index in [9.17, 15) is 24.3 Å². The summed E-state index contributed by atoms with van der Waals surface area (Å²) in [6.07, 6.45) is 0.0480. The zero-order valence-corrected chi connectivity index (χ0v) is 17.3. The van der Waals surface area contributed by atoms with E-state index in [1.807, 2.05) is 6.07 Å². The molecule has 3 rings (SSSR count). The molecular formula is C25H21NO6. The van der Waals surface area contributed by atoms with E-state index in [2.05, 4.69) is 5.32 Å². The fourth-order valence-electron chi connectivity index (χ4n) is 3.07. The van der Waals surface area contributed by atoms with Crippen LogP contribution in [0.3, 0.4) is 0 Å². The number of hydrogen-bond acceptors (Lipinski definition) is 5. The van der Waals surface area contributed by atoms with Gasteiger partial charge < -0.3 is 15.2 Å². The molecule has 0 bridgehead atoms. The topological polar surface area (TPSA) is 110 Å². The Labute approximate surface area is 184 Å². The molecule has 162 valence electrons. The standard InChI is InChI=1S/C25H21NO6/c1-16(27)32-21-13-11-20(12-14-21)24(29)26-22(25(30)31)15-17-7-9-19(10-8-17)23(28)18-5-3-2-4-6-18/h2-14,22H,15H2,1H3,(H,26,29)(H,30,31)/t22-/m0/s1. The van der Waals surface area contributed by atoms with E-state index in [-0.39, 0.29) is 23.5 Å². The Bertz CT molecular complexity index is 1120. The van der Waals surface area contributed by atoms with E-state index in [0.29, 0.717) is 16.7 Å². The van der Waals surface area contributed by atoms with Crippen LogP contribution in [0.1, 0.15) is 38.8 Å². The predicted molar refractivity (Wildman–Crippen MR) is 117 cm³/mol. The highest BCUT2D eigenvalue weighted by Gasteiger charge is 2.21. The van der Waals surface area contributed by atoms with Crippen LogP contribution >= 0.6 is 0 Å². The van der Waals surface area contributed by atoms with Crippen LogP contribution in [0.2, 0.25) is 0 Å². The molecule has 0 saturated heterocycles. The normalized spacial score (nSPS) is 11.3. The Morgan fingerprint density at radius 2 is 1.38 bits per heavy atom. The van der Waals surface area contributed by atoms with Gasteiger partial charge in [0, 0.05) is 30.0 Å². The van der Waals surface area contributed by atoms with Crippen LogP contribution in [-0.2, 0) is 16.0 Å². The van der Waals surface area contributed by atoms with E-state index < -0.39 is 23.9 Å². The number of carboxylic acid groups (broad SMARTS) is 1. The Kier molecular flexibility index (Phi) is 7.13. The van der Waals surface area contributed by atoms with E-state index >= 15 is 0 Å². The molecule has 0 aliphatic rings. The summed E-state index contributed by atoms with van der Waals surface area (Å²) in [5.41, 5.74) is 1.95. The maximum absolute atomic E-state index is 12.5. The minimum Gasteiger partial charge on any atom is -0.480 e. The Morgan fingerprint density at radius 1 is 0.812 bits per heavy atom. The maximum atomic E-state index is 12.5. The number of aliphatic carboxylic acids is 1. The van der Waals surface area contributed by atoms with Gasteiger partial charge in [-0.1, -0.05) is 54.6 Å². The van der Waals surface area contributed by atoms with Gasteiger partial charge in [-0.3, -0.25) is 14.4 Å². The fourth-order valence-corrected chi connectivity index (χ4v) is 3.07. The molecule has 7 nitrogen and oxygen atoms in total. The summed E-state index contributed by atoms with van der Waals surface area (Å²) in [5, 5.41) is 12.0. The van der Waals surface area contributed by atoms with Gasteiger partial charge in [0.15, 0.2) is 5.78 Å². The van der Waals surface area contributed by atoms with Crippen molar-refractivity contribution in [3.05, 3.63) is 101 Å². The van der Waals surface area contributed by atoms with Gasteiger partial charge in [-0.25, -0.2) is 4.79 Å². The number of benzene rings is 3. The van der Waals surface area contributed by atoms with Crippen LogP contribution in [0.25, 0.3) is 0 Å². The van der Waals surface area contributed by atoms with Gasteiger partial charge >= 0.3 is 11.9 Å². The van der Waals surface area contributed by atoms with Gasteiger partial charge in [0.1, 0.15) is 11.8 Å². The number of amides is 1. The van der Waals surface area contributed by atoms with Crippen LogP contribution in [-0.4, -0.2) is 34.8 Å². The van der Waals surface area contributed by atoms with Crippen molar-refractivity contribution >= 4 is 23.6 Å². The maximum Gasteiger partial charge on any atom is 0.326 e. The minimum atomic E-state index is -1.18. The Morgan fingerprint density at radius 3 is 1.94 bits per heavy atom. The molecule has 0 spiro atoms. The third kappa shape index (κ3) is 5.89. The zero-order valence-electron chi connectivity index (χ0n) is 17.3. The molecule has 0 radical (unpaired) electrons. The second-order valence-corrected chi connectivity index (χ2v) is 7.08. The second-order valence-electron chi connectivity index (χ2n) is 7.08. The molecule has 3 aromatic rings. The van der Waals surface area contributed by atoms with Crippen LogP contribution in [0, 0.1) is 0 Å². The first-order valence-corrected chi connectivity index (χ1v) is 9.84. The van der Waals surface area contributed by atoms with E-state index in [1.165, 1.54) is 31.2 Å². The smallest absolute Gasteiger partial charge is 0.326 e. The lowest BCUT2D eigenvalue weighted by atomic mass is 9.99. The van der Waals surface area contributed by atoms with Crippen molar-refractivity contribution in [2.75, 3.05) is 0 Å². The largest absolute Gasteiger partial charge is 0.480 e. The molecule has 0 fully saturated rings. The first-order chi connectivity index (χ1) is 15.3. The third-order valence-electron chi connectivity index (χ3n) is 4.67. The van der Waals surface area contributed by atoms with Gasteiger partial charge in [-0.2, -0.15) is 0 Å². The van der Waals surface area contributed by atoms with E-state index in [0.717, 1.165) is 0 Å². The van der Waals surface area contributed by atoms with Crippen molar-refractivity contribution in [2.45, 2.75) is 19.4 Å². The monoisotopic (exact) mass is 431 g/mol. The number of esters is 1. The van der Waals surface area contributed by atoms with Crippen molar-refractivity contribution in [1.29, 1.82) is 0 Å². The summed E-state index contributed by atoms with van der Waals surface area (Å²) in [5.74, 6) is -2.07. The fraction of sp³-hybridized carbons (Fsp3) is 0.120. The average molecular weight is 431 g/mol. The molecule has 0 unspecified atom stereocenters. The molecule has 0 aliphatic carbocycles. The van der Waals surface area contributed by atoms with Crippen molar-refractivity contribution in [2.24, 2.45) is 0 Å². The summed E-state index contributed by atoms with van der Waals surface area (Å²) >= 11 is 0. The molecule has 0 heterocycles. The molecule has 7 heteroatoms. The average Bonchev–Trinajstić information content (AvgIpc) is 2.79. The lowest BCUT2D eigenvalue weighted by molar-refractivity contribution is -0.139. The van der Waals surface area contributed by atoms with Crippen LogP contribution in [0.5, 0.6) is 5.75 Å². The number of hydrogen-bond donors (Lipinski definition) is 2. The highest BCUT2D eigenvalue weighted by atomic mass is 16.5. The lowest BCUT2D eigenvalue weighted by Gasteiger charge is -2.15. The first-order valence-electron chi connectivity index (χ1n) is 9.84. The summed E-state index contributed by atoms with van der Waals surface area (Å²) in [7, 11) is 0. The zero-order chi connectivity index (χ0) is 23.1. The number of rotatable bonds is 8. The lowest BCUT2D eigenvalue weighted by Crippen LogP contribution is -2.42. The third-order valence-corrected chi connectivity index (χ3v) is 4.67. The van der Waals surface area contributed by atoms with Crippen LogP contribution in [0.4, 0.5) is 0 Å².